The minimum Gasteiger partial charge on any atom is -0.271 e. The van der Waals surface area contributed by atoms with E-state index >= 15 is 0 Å². The first-order valence-electron chi connectivity index (χ1n) is 5.61. The second-order valence-electron chi connectivity index (χ2n) is 3.76. The standard InChI is InChI=1S/C13H10N4O2S/c1-20-13(15-8-14)16-11-6-2-5-10-9(11)4-3-7-12(10)17(18)19/h2-7H,1H3,(H,15,16). The summed E-state index contributed by atoms with van der Waals surface area (Å²) in [6.45, 7) is 0. The van der Waals surface area contributed by atoms with Gasteiger partial charge in [-0.25, -0.2) is 4.99 Å². The number of nitrogens with one attached hydrogen (secondary N) is 1. The van der Waals surface area contributed by atoms with Crippen LogP contribution >= 0.6 is 11.8 Å². The average molecular weight is 286 g/mol. The number of fused-ring (bicyclic) bond motifs is 1. The van der Waals surface area contributed by atoms with Gasteiger partial charge in [-0.1, -0.05) is 30.0 Å². The summed E-state index contributed by atoms with van der Waals surface area (Å²) < 4.78 is 0. The summed E-state index contributed by atoms with van der Waals surface area (Å²) in [7, 11) is 0. The summed E-state index contributed by atoms with van der Waals surface area (Å²) in [5.41, 5.74) is 0.622. The van der Waals surface area contributed by atoms with Crippen LogP contribution in [0.15, 0.2) is 41.4 Å². The molecule has 20 heavy (non-hydrogen) atoms. The van der Waals surface area contributed by atoms with E-state index in [1.165, 1.54) is 17.8 Å². The minimum atomic E-state index is -0.418. The normalized spacial score (nSPS) is 11.1. The largest absolute Gasteiger partial charge is 0.277 e. The minimum absolute atomic E-state index is 0.0403. The van der Waals surface area contributed by atoms with Gasteiger partial charge in [0, 0.05) is 11.5 Å². The Balaban J connectivity index is 2.65. The molecule has 1 N–H and O–H groups in total. The van der Waals surface area contributed by atoms with E-state index < -0.39 is 4.92 Å². The topological polar surface area (TPSA) is 91.3 Å². The molecule has 0 radical (unpaired) electrons. The summed E-state index contributed by atoms with van der Waals surface area (Å²) in [6.07, 6.45) is 3.60. The van der Waals surface area contributed by atoms with E-state index in [1.54, 1.807) is 42.8 Å². The van der Waals surface area contributed by atoms with Crippen molar-refractivity contribution in [2.24, 2.45) is 4.99 Å². The van der Waals surface area contributed by atoms with Crippen LogP contribution in [0.1, 0.15) is 0 Å². The van der Waals surface area contributed by atoms with Crippen LogP contribution < -0.4 is 5.32 Å². The van der Waals surface area contributed by atoms with Gasteiger partial charge in [0.05, 0.1) is 16.0 Å². The SMILES string of the molecule is CSC(=Nc1cccc2c([N+](=O)[O-])cccc12)NC#N. The van der Waals surface area contributed by atoms with E-state index in [1.807, 2.05) is 0 Å². The summed E-state index contributed by atoms with van der Waals surface area (Å²) in [4.78, 5) is 14.9. The summed E-state index contributed by atoms with van der Waals surface area (Å²) in [5.74, 6) is 0. The number of nitro benzene ring substituents is 1. The molecule has 0 heterocycles. The van der Waals surface area contributed by atoms with Crippen molar-refractivity contribution in [1.82, 2.24) is 5.32 Å². The molecule has 0 aliphatic heterocycles. The fourth-order valence-corrected chi connectivity index (χ4v) is 2.15. The maximum absolute atomic E-state index is 11.0. The van der Waals surface area contributed by atoms with Crippen LogP contribution in [-0.2, 0) is 0 Å². The first kappa shape index (κ1) is 13.8. The fraction of sp³-hybridized carbons (Fsp3) is 0.0769. The van der Waals surface area contributed by atoms with Crippen LogP contribution in [0, 0.1) is 21.6 Å². The molecule has 6 nitrogen and oxygen atoms in total. The van der Waals surface area contributed by atoms with Gasteiger partial charge in [0.15, 0.2) is 11.4 Å². The average Bonchev–Trinajstić information content (AvgIpc) is 2.46. The van der Waals surface area contributed by atoms with Crippen LogP contribution in [0.4, 0.5) is 11.4 Å². The Morgan fingerprint density at radius 2 is 2.05 bits per heavy atom. The monoisotopic (exact) mass is 286 g/mol. The highest BCUT2D eigenvalue weighted by Crippen LogP contribution is 2.32. The molecule has 0 atom stereocenters. The fourth-order valence-electron chi connectivity index (χ4n) is 1.82. The molecule has 0 bridgehead atoms. The highest BCUT2D eigenvalue weighted by atomic mass is 32.2. The quantitative estimate of drug-likeness (QED) is 0.229. The lowest BCUT2D eigenvalue weighted by Gasteiger charge is -2.04. The van der Waals surface area contributed by atoms with Gasteiger partial charge in [0.25, 0.3) is 5.69 Å². The summed E-state index contributed by atoms with van der Waals surface area (Å²) >= 11 is 1.29. The lowest BCUT2D eigenvalue weighted by Crippen LogP contribution is -2.12. The Kier molecular flexibility index (Phi) is 4.17. The summed E-state index contributed by atoms with van der Waals surface area (Å²) in [6, 6.07) is 9.99. The number of non-ortho nitro benzene ring substituents is 1. The van der Waals surface area contributed by atoms with Crippen molar-refractivity contribution in [2.75, 3.05) is 6.26 Å². The highest BCUT2D eigenvalue weighted by molar-refractivity contribution is 8.13. The molecule has 2 rings (SSSR count). The van der Waals surface area contributed by atoms with E-state index in [4.69, 9.17) is 5.26 Å². The van der Waals surface area contributed by atoms with Crippen molar-refractivity contribution in [3.63, 3.8) is 0 Å². The molecule has 0 amide bonds. The van der Waals surface area contributed by atoms with Crippen molar-refractivity contribution in [2.45, 2.75) is 0 Å². The van der Waals surface area contributed by atoms with E-state index in [9.17, 15) is 10.1 Å². The third-order valence-electron chi connectivity index (χ3n) is 2.65. The molecule has 0 saturated carbocycles. The number of benzene rings is 2. The van der Waals surface area contributed by atoms with Crippen molar-refractivity contribution in [3.05, 3.63) is 46.5 Å². The number of nitriles is 1. The lowest BCUT2D eigenvalue weighted by molar-refractivity contribution is -0.383. The molecule has 0 unspecified atom stereocenters. The Hall–Kier alpha value is -2.59. The van der Waals surface area contributed by atoms with E-state index in [0.717, 1.165) is 0 Å². The molecule has 0 fully saturated rings. The van der Waals surface area contributed by atoms with Crippen molar-refractivity contribution in [3.8, 4) is 6.19 Å². The number of hydrogen-bond donors (Lipinski definition) is 1. The second-order valence-corrected chi connectivity index (χ2v) is 4.56. The first-order valence-corrected chi connectivity index (χ1v) is 6.83. The van der Waals surface area contributed by atoms with Gasteiger partial charge >= 0.3 is 0 Å². The third-order valence-corrected chi connectivity index (χ3v) is 3.23. The Labute approximate surface area is 119 Å². The zero-order valence-corrected chi connectivity index (χ0v) is 11.3. The smallest absolute Gasteiger partial charge is 0.271 e. The molecule has 2 aromatic carbocycles. The molecule has 0 saturated heterocycles. The van der Waals surface area contributed by atoms with Gasteiger partial charge in [-0.2, -0.15) is 5.26 Å². The molecule has 2 aromatic rings. The van der Waals surface area contributed by atoms with Crippen LogP contribution in [0.3, 0.4) is 0 Å². The number of rotatable bonds is 2. The maximum atomic E-state index is 11.0. The second kappa shape index (κ2) is 6.04. The number of amidine groups is 1. The van der Waals surface area contributed by atoms with Crippen LogP contribution in [0.2, 0.25) is 0 Å². The zero-order valence-electron chi connectivity index (χ0n) is 10.5. The van der Waals surface area contributed by atoms with Gasteiger partial charge in [-0.3, -0.25) is 15.4 Å². The van der Waals surface area contributed by atoms with Crippen LogP contribution in [0.25, 0.3) is 10.8 Å². The predicted molar refractivity (Wildman–Crippen MR) is 80.0 cm³/mol. The van der Waals surface area contributed by atoms with Crippen molar-refractivity contribution in [1.29, 1.82) is 5.26 Å². The molecule has 0 aliphatic rings. The predicted octanol–water partition coefficient (Wildman–Crippen LogP) is 3.17. The van der Waals surface area contributed by atoms with Crippen LogP contribution in [-0.4, -0.2) is 16.3 Å². The molecular weight excluding hydrogens is 276 g/mol. The summed E-state index contributed by atoms with van der Waals surface area (Å²) in [5, 5.41) is 23.8. The van der Waals surface area contributed by atoms with E-state index in [-0.39, 0.29) is 5.69 Å². The van der Waals surface area contributed by atoms with Gasteiger partial charge < -0.3 is 0 Å². The van der Waals surface area contributed by atoms with Crippen LogP contribution in [0.5, 0.6) is 0 Å². The third kappa shape index (κ3) is 2.70. The van der Waals surface area contributed by atoms with E-state index in [2.05, 4.69) is 10.3 Å². The Morgan fingerprint density at radius 1 is 1.35 bits per heavy atom. The van der Waals surface area contributed by atoms with E-state index in [0.29, 0.717) is 21.6 Å². The first-order chi connectivity index (χ1) is 9.67. The molecular formula is C13H10N4O2S. The van der Waals surface area contributed by atoms with Gasteiger partial charge in [0.2, 0.25) is 0 Å². The lowest BCUT2D eigenvalue weighted by atomic mass is 10.1. The van der Waals surface area contributed by atoms with Gasteiger partial charge in [-0.05, 0) is 18.4 Å². The zero-order chi connectivity index (χ0) is 14.5. The maximum Gasteiger partial charge on any atom is 0.277 e. The molecule has 100 valence electrons. The molecule has 7 heteroatoms. The number of thioether (sulfide) groups is 1. The van der Waals surface area contributed by atoms with Crippen molar-refractivity contribution >= 4 is 39.1 Å². The molecule has 0 aliphatic carbocycles. The number of nitro groups is 1. The van der Waals surface area contributed by atoms with Gasteiger partial charge in [0.1, 0.15) is 0 Å². The van der Waals surface area contributed by atoms with Gasteiger partial charge in [-0.15, -0.1) is 0 Å². The number of hydrogen-bond acceptors (Lipinski definition) is 5. The number of nitrogens with zero attached hydrogens (tertiary/aromatic N) is 3. The Bertz CT molecular complexity index is 737. The highest BCUT2D eigenvalue weighted by Gasteiger charge is 2.12. The van der Waals surface area contributed by atoms with Crippen molar-refractivity contribution < 1.29 is 4.92 Å². The Morgan fingerprint density at radius 3 is 2.70 bits per heavy atom. The molecule has 0 spiro atoms. The number of aliphatic imine (C=N–C) groups is 1. The molecule has 0 aromatic heterocycles.